The normalized spacial score (nSPS) is 13.2. The molecular formula is C18H20F2N4O2. The van der Waals surface area contributed by atoms with Crippen LogP contribution >= 0.6 is 0 Å². The summed E-state index contributed by atoms with van der Waals surface area (Å²) in [6, 6.07) is 3.11. The molecule has 8 heteroatoms. The number of hydrogen-bond acceptors (Lipinski definition) is 3. The monoisotopic (exact) mass is 362 g/mol. The van der Waals surface area contributed by atoms with Crippen molar-refractivity contribution in [1.29, 1.82) is 0 Å². The smallest absolute Gasteiger partial charge is 0.291 e. The third-order valence-electron chi connectivity index (χ3n) is 4.25. The average Bonchev–Trinajstić information content (AvgIpc) is 3.03. The Morgan fingerprint density at radius 2 is 2.00 bits per heavy atom. The van der Waals surface area contributed by atoms with Gasteiger partial charge in [0.05, 0.1) is 5.69 Å². The van der Waals surface area contributed by atoms with E-state index in [0.717, 1.165) is 37.1 Å². The van der Waals surface area contributed by atoms with Gasteiger partial charge in [0.1, 0.15) is 5.69 Å². The van der Waals surface area contributed by atoms with Gasteiger partial charge in [-0.15, -0.1) is 0 Å². The maximum absolute atomic E-state index is 13.3. The molecule has 0 unspecified atom stereocenters. The van der Waals surface area contributed by atoms with Crippen LogP contribution in [0.3, 0.4) is 0 Å². The summed E-state index contributed by atoms with van der Waals surface area (Å²) in [7, 11) is 0. The summed E-state index contributed by atoms with van der Waals surface area (Å²) in [6.45, 7) is 3.06. The van der Waals surface area contributed by atoms with Crippen LogP contribution in [0, 0.1) is 11.6 Å². The number of amides is 2. The van der Waals surface area contributed by atoms with Crippen molar-refractivity contribution in [3.63, 3.8) is 0 Å². The Labute approximate surface area is 149 Å². The van der Waals surface area contributed by atoms with Crippen LogP contribution in [-0.4, -0.2) is 27.9 Å². The third-order valence-corrected chi connectivity index (χ3v) is 4.25. The molecule has 2 heterocycles. The average molecular weight is 362 g/mol. The van der Waals surface area contributed by atoms with Crippen molar-refractivity contribution in [2.24, 2.45) is 0 Å². The first-order valence-electron chi connectivity index (χ1n) is 8.65. The Bertz CT molecular complexity index is 848. The molecule has 138 valence electrons. The number of nitrogens with one attached hydrogen (secondary N) is 2. The Morgan fingerprint density at radius 1 is 1.19 bits per heavy atom. The molecule has 26 heavy (non-hydrogen) atoms. The van der Waals surface area contributed by atoms with Crippen LogP contribution in [0.15, 0.2) is 18.2 Å². The summed E-state index contributed by atoms with van der Waals surface area (Å²) in [4.78, 5) is 29.2. The fourth-order valence-corrected chi connectivity index (χ4v) is 2.98. The lowest BCUT2D eigenvalue weighted by Gasteiger charge is -2.17. The van der Waals surface area contributed by atoms with Gasteiger partial charge in [0, 0.05) is 24.8 Å². The first kappa shape index (κ1) is 18.0. The van der Waals surface area contributed by atoms with E-state index in [1.807, 2.05) is 6.92 Å². The number of carbonyl (C=O) groups excluding carboxylic acids is 2. The van der Waals surface area contributed by atoms with E-state index in [4.69, 9.17) is 0 Å². The number of anilines is 1. The molecule has 0 radical (unpaired) electrons. The number of benzene rings is 1. The van der Waals surface area contributed by atoms with E-state index in [0.29, 0.717) is 19.5 Å². The summed E-state index contributed by atoms with van der Waals surface area (Å²) < 4.78 is 28.1. The number of aromatic nitrogens is 2. The fraction of sp³-hybridized carbons (Fsp3) is 0.389. The van der Waals surface area contributed by atoms with Gasteiger partial charge >= 0.3 is 0 Å². The van der Waals surface area contributed by atoms with Gasteiger partial charge in [0.25, 0.3) is 11.8 Å². The zero-order valence-electron chi connectivity index (χ0n) is 14.4. The van der Waals surface area contributed by atoms with Gasteiger partial charge in [-0.1, -0.05) is 6.92 Å². The molecule has 1 aromatic carbocycles. The van der Waals surface area contributed by atoms with E-state index in [1.165, 1.54) is 6.07 Å². The van der Waals surface area contributed by atoms with Crippen molar-refractivity contribution < 1.29 is 18.4 Å². The van der Waals surface area contributed by atoms with Crippen LogP contribution in [0.4, 0.5) is 14.5 Å². The molecular weight excluding hydrogens is 342 g/mol. The lowest BCUT2D eigenvalue weighted by atomic mass is 10.1. The SMILES string of the molecule is CCCNC(=O)c1nc(C(=O)Nc2ccc(F)c(F)c2)n2c1CCCC2. The number of hydrogen-bond donors (Lipinski definition) is 2. The van der Waals surface area contributed by atoms with Crippen LogP contribution < -0.4 is 10.6 Å². The van der Waals surface area contributed by atoms with E-state index in [-0.39, 0.29) is 23.1 Å². The van der Waals surface area contributed by atoms with Crippen LogP contribution in [0.2, 0.25) is 0 Å². The minimum Gasteiger partial charge on any atom is -0.351 e. The van der Waals surface area contributed by atoms with Crippen molar-refractivity contribution in [2.45, 2.75) is 39.2 Å². The van der Waals surface area contributed by atoms with Crippen molar-refractivity contribution in [2.75, 3.05) is 11.9 Å². The van der Waals surface area contributed by atoms with Gasteiger partial charge in [-0.3, -0.25) is 9.59 Å². The van der Waals surface area contributed by atoms with E-state index in [9.17, 15) is 18.4 Å². The van der Waals surface area contributed by atoms with Crippen molar-refractivity contribution in [3.8, 4) is 0 Å². The zero-order chi connectivity index (χ0) is 18.7. The lowest BCUT2D eigenvalue weighted by Crippen LogP contribution is -2.26. The first-order chi connectivity index (χ1) is 12.5. The van der Waals surface area contributed by atoms with E-state index in [2.05, 4.69) is 15.6 Å². The van der Waals surface area contributed by atoms with Crippen molar-refractivity contribution >= 4 is 17.5 Å². The van der Waals surface area contributed by atoms with Gasteiger partial charge in [0.15, 0.2) is 17.5 Å². The Balaban J connectivity index is 1.88. The molecule has 0 aliphatic carbocycles. The van der Waals surface area contributed by atoms with Gasteiger partial charge in [-0.2, -0.15) is 0 Å². The molecule has 1 aliphatic heterocycles. The summed E-state index contributed by atoms with van der Waals surface area (Å²) >= 11 is 0. The van der Waals surface area contributed by atoms with E-state index < -0.39 is 17.5 Å². The fourth-order valence-electron chi connectivity index (χ4n) is 2.98. The molecule has 2 N–H and O–H groups in total. The number of fused-ring (bicyclic) bond motifs is 1. The van der Waals surface area contributed by atoms with Gasteiger partial charge in [0.2, 0.25) is 0 Å². The van der Waals surface area contributed by atoms with Gasteiger partial charge in [-0.25, -0.2) is 13.8 Å². The lowest BCUT2D eigenvalue weighted by molar-refractivity contribution is 0.0947. The highest BCUT2D eigenvalue weighted by atomic mass is 19.2. The minimum atomic E-state index is -1.05. The Hall–Kier alpha value is -2.77. The predicted molar refractivity (Wildman–Crippen MR) is 92.1 cm³/mol. The molecule has 3 rings (SSSR count). The highest BCUT2D eigenvalue weighted by Gasteiger charge is 2.27. The standard InChI is InChI=1S/C18H20F2N4O2/c1-2-8-21-17(25)15-14-5-3-4-9-24(14)16(23-15)18(26)22-11-6-7-12(19)13(20)10-11/h6-7,10H,2-5,8-9H2,1H3,(H,21,25)(H,22,26). The second-order valence-electron chi connectivity index (χ2n) is 6.18. The van der Waals surface area contributed by atoms with Crippen LogP contribution in [-0.2, 0) is 13.0 Å². The molecule has 2 aromatic rings. The molecule has 1 aromatic heterocycles. The highest BCUT2D eigenvalue weighted by molar-refractivity contribution is 6.03. The molecule has 0 atom stereocenters. The third kappa shape index (κ3) is 3.58. The van der Waals surface area contributed by atoms with Crippen LogP contribution in [0.25, 0.3) is 0 Å². The number of nitrogens with zero attached hydrogens (tertiary/aromatic N) is 2. The van der Waals surface area contributed by atoms with E-state index >= 15 is 0 Å². The van der Waals surface area contributed by atoms with Gasteiger partial charge < -0.3 is 15.2 Å². The molecule has 2 amide bonds. The summed E-state index contributed by atoms with van der Waals surface area (Å²) in [5, 5.41) is 5.29. The number of halogens is 2. The summed E-state index contributed by atoms with van der Waals surface area (Å²) in [5.41, 5.74) is 1.12. The zero-order valence-corrected chi connectivity index (χ0v) is 14.4. The van der Waals surface area contributed by atoms with Crippen LogP contribution in [0.1, 0.15) is 53.0 Å². The summed E-state index contributed by atoms with van der Waals surface area (Å²) in [6.07, 6.45) is 3.26. The quantitative estimate of drug-likeness (QED) is 0.859. The van der Waals surface area contributed by atoms with Gasteiger partial charge in [-0.05, 0) is 37.8 Å². The second kappa shape index (κ2) is 7.63. The maximum atomic E-state index is 13.3. The highest BCUT2D eigenvalue weighted by Crippen LogP contribution is 2.22. The first-order valence-corrected chi connectivity index (χ1v) is 8.65. The topological polar surface area (TPSA) is 76.0 Å². The number of carbonyl (C=O) groups is 2. The minimum absolute atomic E-state index is 0.103. The van der Waals surface area contributed by atoms with E-state index in [1.54, 1.807) is 4.57 Å². The summed E-state index contributed by atoms with van der Waals surface area (Å²) in [5.74, 6) is -2.80. The molecule has 0 fully saturated rings. The number of rotatable bonds is 5. The molecule has 1 aliphatic rings. The largest absolute Gasteiger partial charge is 0.351 e. The van der Waals surface area contributed by atoms with Crippen molar-refractivity contribution in [3.05, 3.63) is 47.0 Å². The molecule has 0 saturated carbocycles. The second-order valence-corrected chi connectivity index (χ2v) is 6.18. The molecule has 6 nitrogen and oxygen atoms in total. The molecule has 0 bridgehead atoms. The molecule has 0 saturated heterocycles. The Morgan fingerprint density at radius 3 is 2.73 bits per heavy atom. The maximum Gasteiger partial charge on any atom is 0.291 e. The predicted octanol–water partition coefficient (Wildman–Crippen LogP) is 2.89. The number of imidazole rings is 1. The molecule has 0 spiro atoms. The van der Waals surface area contributed by atoms with Crippen LogP contribution in [0.5, 0.6) is 0 Å². The van der Waals surface area contributed by atoms with Crippen molar-refractivity contribution in [1.82, 2.24) is 14.9 Å². The Kier molecular flexibility index (Phi) is 5.29.